The van der Waals surface area contributed by atoms with Gasteiger partial charge in [0.05, 0.1) is 22.2 Å². The smallest absolute Gasteiger partial charge is 0.325 e. The minimum Gasteiger partial charge on any atom is -0.325 e. The van der Waals surface area contributed by atoms with Gasteiger partial charge in [0.25, 0.3) is 0 Å². The highest BCUT2D eigenvalue weighted by molar-refractivity contribution is 8.00. The first-order chi connectivity index (χ1) is 21.6. The van der Waals surface area contributed by atoms with Crippen LogP contribution in [0.1, 0.15) is 48.3 Å². The van der Waals surface area contributed by atoms with Crippen molar-refractivity contribution in [2.45, 2.75) is 55.1 Å². The minimum absolute atomic E-state index is 0.167. The largest absolute Gasteiger partial charge is 0.416 e. The summed E-state index contributed by atoms with van der Waals surface area (Å²) in [7, 11) is 0. The third-order valence-corrected chi connectivity index (χ3v) is 10.9. The predicted molar refractivity (Wildman–Crippen MR) is 173 cm³/mol. The molecule has 0 spiro atoms. The summed E-state index contributed by atoms with van der Waals surface area (Å²) in [4.78, 5) is 55.3. The van der Waals surface area contributed by atoms with Crippen LogP contribution in [0.25, 0.3) is 0 Å². The molecule has 46 heavy (non-hydrogen) atoms. The molecule has 3 unspecified atom stereocenters. The van der Waals surface area contributed by atoms with Gasteiger partial charge >= 0.3 is 11.0 Å². The van der Waals surface area contributed by atoms with Gasteiger partial charge in [0.2, 0.25) is 17.7 Å². The first-order valence-corrected chi connectivity index (χ1v) is 16.3. The Hall–Kier alpha value is -3.87. The molecule has 1 N–H and O–H groups in total. The van der Waals surface area contributed by atoms with Crippen LogP contribution in [0, 0.1) is 5.92 Å². The SMILES string of the molecule is CC(C)(C)c1ccc(C2c3sc(=O)n(CC(=O)Nc4ccc(Cl)cc4)c3SC3C(=O)N(c4cccc(C(F)(F)F)c4)C(=O)C32)cc1. The molecule has 238 valence electrons. The number of alkyl halides is 3. The highest BCUT2D eigenvalue weighted by Gasteiger charge is 2.57. The van der Waals surface area contributed by atoms with Crippen molar-refractivity contribution in [1.82, 2.24) is 4.57 Å². The number of rotatable bonds is 5. The number of carbonyl (C=O) groups is 3. The van der Waals surface area contributed by atoms with Gasteiger partial charge in [0, 0.05) is 21.5 Å². The van der Waals surface area contributed by atoms with Crippen molar-refractivity contribution < 1.29 is 27.6 Å². The second-order valence-corrected chi connectivity index (χ2v) is 14.7. The Kier molecular flexibility index (Phi) is 8.19. The number of amides is 3. The fourth-order valence-electron chi connectivity index (χ4n) is 5.76. The number of fused-ring (bicyclic) bond motifs is 2. The quantitative estimate of drug-likeness (QED) is 0.223. The van der Waals surface area contributed by atoms with Crippen molar-refractivity contribution >= 4 is 63.8 Å². The summed E-state index contributed by atoms with van der Waals surface area (Å²) in [6.45, 7) is 5.81. The molecular weight excluding hydrogens is 659 g/mol. The van der Waals surface area contributed by atoms with Crippen molar-refractivity contribution in [1.29, 1.82) is 0 Å². The number of nitrogens with zero attached hydrogens (tertiary/aromatic N) is 2. The number of anilines is 2. The Morgan fingerprint density at radius 2 is 1.59 bits per heavy atom. The summed E-state index contributed by atoms with van der Waals surface area (Å²) in [5.41, 5.74) is 0.855. The van der Waals surface area contributed by atoms with Crippen molar-refractivity contribution in [3.05, 3.63) is 109 Å². The van der Waals surface area contributed by atoms with Crippen LogP contribution in [0.5, 0.6) is 0 Å². The van der Waals surface area contributed by atoms with E-state index in [1.165, 1.54) is 10.6 Å². The van der Waals surface area contributed by atoms with E-state index < -0.39 is 51.4 Å². The normalized spacial score (nSPS) is 19.6. The number of thiazole rings is 1. The van der Waals surface area contributed by atoms with E-state index in [9.17, 15) is 32.3 Å². The van der Waals surface area contributed by atoms with Crippen LogP contribution in [0.15, 0.2) is 82.6 Å². The number of carbonyl (C=O) groups excluding carboxylic acids is 3. The van der Waals surface area contributed by atoms with Crippen molar-refractivity contribution in [3.8, 4) is 0 Å². The van der Waals surface area contributed by atoms with Crippen molar-refractivity contribution in [2.24, 2.45) is 5.92 Å². The molecule has 1 fully saturated rings. The molecule has 0 aliphatic carbocycles. The second-order valence-electron chi connectivity index (χ2n) is 12.2. The van der Waals surface area contributed by atoms with Crippen LogP contribution in [0.2, 0.25) is 5.02 Å². The molecular formula is C33H27ClF3N3O4S2. The number of nitrogens with one attached hydrogen (secondary N) is 1. The molecule has 13 heteroatoms. The molecule has 0 saturated carbocycles. The van der Waals surface area contributed by atoms with Crippen LogP contribution in [0.3, 0.4) is 0 Å². The minimum atomic E-state index is -4.67. The van der Waals surface area contributed by atoms with E-state index in [4.69, 9.17) is 11.6 Å². The summed E-state index contributed by atoms with van der Waals surface area (Å²) >= 11 is 7.82. The summed E-state index contributed by atoms with van der Waals surface area (Å²) < 4.78 is 42.0. The van der Waals surface area contributed by atoms with Gasteiger partial charge in [-0.1, -0.05) is 85.8 Å². The van der Waals surface area contributed by atoms with Crippen LogP contribution in [-0.2, 0) is 32.5 Å². The summed E-state index contributed by atoms with van der Waals surface area (Å²) in [6, 6.07) is 18.1. The topological polar surface area (TPSA) is 88.5 Å². The summed E-state index contributed by atoms with van der Waals surface area (Å²) in [6.07, 6.45) is -4.67. The van der Waals surface area contributed by atoms with E-state index >= 15 is 0 Å². The van der Waals surface area contributed by atoms with Gasteiger partial charge in [0.1, 0.15) is 11.8 Å². The molecule has 2 aliphatic heterocycles. The van der Waals surface area contributed by atoms with Gasteiger partial charge in [0.15, 0.2) is 0 Å². The fraction of sp³-hybridized carbons (Fsp3) is 0.273. The Balaban J connectivity index is 1.42. The average molecular weight is 686 g/mol. The molecule has 1 aromatic heterocycles. The van der Waals surface area contributed by atoms with Gasteiger partial charge in [-0.3, -0.25) is 23.7 Å². The molecule has 4 aromatic rings. The maximum atomic E-state index is 14.1. The van der Waals surface area contributed by atoms with Gasteiger partial charge < -0.3 is 5.32 Å². The van der Waals surface area contributed by atoms with Crippen LogP contribution in [-0.4, -0.2) is 27.5 Å². The number of aromatic nitrogens is 1. The van der Waals surface area contributed by atoms with Crippen molar-refractivity contribution in [3.63, 3.8) is 0 Å². The number of halogens is 4. The number of benzene rings is 3. The number of hydrogen-bond donors (Lipinski definition) is 1. The third-order valence-electron chi connectivity index (χ3n) is 8.05. The second kappa shape index (κ2) is 11.7. The lowest BCUT2D eigenvalue weighted by Gasteiger charge is -2.31. The predicted octanol–water partition coefficient (Wildman–Crippen LogP) is 7.31. The van der Waals surface area contributed by atoms with E-state index in [-0.39, 0.29) is 17.6 Å². The number of imide groups is 1. The molecule has 3 heterocycles. The lowest BCUT2D eigenvalue weighted by atomic mass is 9.81. The standard InChI is InChI=1S/C33H27ClF3N3O4S2/c1-32(2,3)18-9-7-17(8-10-18)24-25-26(29(43)40(28(25)42)22-6-4-5-19(15-22)33(35,36)37)45-30-27(24)46-31(44)39(30)16-23(41)38-21-13-11-20(34)12-14-21/h4-15,24-26H,16H2,1-3H3,(H,38,41). The maximum absolute atomic E-state index is 14.1. The zero-order chi connectivity index (χ0) is 33.1. The summed E-state index contributed by atoms with van der Waals surface area (Å²) in [5, 5.41) is 2.55. The van der Waals surface area contributed by atoms with E-state index in [0.29, 0.717) is 26.2 Å². The van der Waals surface area contributed by atoms with Gasteiger partial charge in [-0.25, -0.2) is 4.90 Å². The highest BCUT2D eigenvalue weighted by atomic mass is 35.5. The van der Waals surface area contributed by atoms with Gasteiger partial charge in [-0.2, -0.15) is 13.2 Å². The number of thioether (sulfide) groups is 1. The summed E-state index contributed by atoms with van der Waals surface area (Å²) in [5.74, 6) is -3.56. The lowest BCUT2D eigenvalue weighted by molar-refractivity contribution is -0.137. The lowest BCUT2D eigenvalue weighted by Crippen LogP contribution is -2.33. The molecule has 3 atom stereocenters. The molecule has 3 amide bonds. The maximum Gasteiger partial charge on any atom is 0.416 e. The van der Waals surface area contributed by atoms with E-state index in [0.717, 1.165) is 51.8 Å². The van der Waals surface area contributed by atoms with E-state index in [2.05, 4.69) is 26.1 Å². The highest BCUT2D eigenvalue weighted by Crippen LogP contribution is 2.54. The molecule has 6 rings (SSSR count). The van der Waals surface area contributed by atoms with Crippen molar-refractivity contribution in [2.75, 3.05) is 10.2 Å². The molecule has 7 nitrogen and oxygen atoms in total. The monoisotopic (exact) mass is 685 g/mol. The zero-order valence-electron chi connectivity index (χ0n) is 24.7. The average Bonchev–Trinajstić information content (AvgIpc) is 3.43. The zero-order valence-corrected chi connectivity index (χ0v) is 27.1. The molecule has 3 aromatic carbocycles. The Morgan fingerprint density at radius 1 is 0.913 bits per heavy atom. The Bertz CT molecular complexity index is 1910. The van der Waals surface area contributed by atoms with Crippen LogP contribution < -0.4 is 15.1 Å². The molecule has 1 saturated heterocycles. The van der Waals surface area contributed by atoms with Gasteiger partial charge in [-0.05, 0) is 59.0 Å². The first kappa shape index (κ1) is 32.1. The molecule has 0 radical (unpaired) electrons. The third kappa shape index (κ3) is 5.89. The van der Waals surface area contributed by atoms with E-state index in [1.54, 1.807) is 24.3 Å². The fourth-order valence-corrected chi connectivity index (χ4v) is 8.66. The Labute approximate surface area is 275 Å². The Morgan fingerprint density at radius 3 is 2.22 bits per heavy atom. The van der Waals surface area contributed by atoms with Crippen LogP contribution in [0.4, 0.5) is 24.5 Å². The molecule has 2 aliphatic rings. The van der Waals surface area contributed by atoms with Gasteiger partial charge in [-0.15, -0.1) is 0 Å². The van der Waals surface area contributed by atoms with E-state index in [1.807, 2.05) is 24.3 Å². The molecule has 0 bridgehead atoms. The first-order valence-electron chi connectivity index (χ1n) is 14.2. The van der Waals surface area contributed by atoms with Crippen LogP contribution >= 0.6 is 34.7 Å². The number of hydrogen-bond acceptors (Lipinski definition) is 6.